The molecule has 0 aliphatic carbocycles. The minimum absolute atomic E-state index is 0.381. The number of hydrogen-bond acceptors (Lipinski definition) is 4. The molecule has 0 saturated heterocycles. The van der Waals surface area contributed by atoms with Crippen molar-refractivity contribution in [2.24, 2.45) is 0 Å². The molecule has 0 fully saturated rings. The van der Waals surface area contributed by atoms with Crippen molar-refractivity contribution in [3.8, 4) is 0 Å². The van der Waals surface area contributed by atoms with Gasteiger partial charge in [-0.3, -0.25) is 4.79 Å². The molecule has 0 heterocycles. The Labute approximate surface area is 412 Å². The van der Waals surface area contributed by atoms with Gasteiger partial charge in [0.1, 0.15) is 6.10 Å². The highest BCUT2D eigenvalue weighted by molar-refractivity contribution is 5.80. The second-order valence-electron chi connectivity index (χ2n) is 20.2. The summed E-state index contributed by atoms with van der Waals surface area (Å²) in [7, 11) is 0. The Hall–Kier alpha value is -1.69. The number of carbonyl (C=O) groups excluding carboxylic acids is 1. The third-order valence-corrected chi connectivity index (χ3v) is 13.6. The van der Waals surface area contributed by atoms with Crippen molar-refractivity contribution in [3.05, 3.63) is 48.6 Å². The molecule has 0 bridgehead atoms. The van der Waals surface area contributed by atoms with Crippen LogP contribution in [-0.2, 0) is 4.79 Å². The van der Waals surface area contributed by atoms with Crippen LogP contribution in [0.15, 0.2) is 48.6 Å². The highest BCUT2D eigenvalue weighted by Crippen LogP contribution is 2.17. The van der Waals surface area contributed by atoms with Crippen molar-refractivity contribution < 1.29 is 20.1 Å². The highest BCUT2D eigenvalue weighted by atomic mass is 16.3. The van der Waals surface area contributed by atoms with Crippen molar-refractivity contribution in [3.63, 3.8) is 0 Å². The lowest BCUT2D eigenvalue weighted by Crippen LogP contribution is -2.48. The largest absolute Gasteiger partial charge is 0.394 e. The van der Waals surface area contributed by atoms with Gasteiger partial charge in [-0.1, -0.05) is 287 Å². The van der Waals surface area contributed by atoms with Crippen LogP contribution in [0.3, 0.4) is 0 Å². The van der Waals surface area contributed by atoms with Gasteiger partial charge in [0.05, 0.1) is 18.8 Å². The molecule has 1 amide bonds. The summed E-state index contributed by atoms with van der Waals surface area (Å²) in [5.41, 5.74) is 0. The van der Waals surface area contributed by atoms with E-state index in [0.29, 0.717) is 6.42 Å². The number of carbonyl (C=O) groups is 1. The first-order valence-corrected chi connectivity index (χ1v) is 29.5. The molecule has 5 nitrogen and oxygen atoms in total. The van der Waals surface area contributed by atoms with E-state index in [9.17, 15) is 20.1 Å². The lowest BCUT2D eigenvalue weighted by atomic mass is 10.0. The average Bonchev–Trinajstić information content (AvgIpc) is 3.32. The summed E-state index contributed by atoms with van der Waals surface area (Å²) in [5.74, 6) is -0.514. The second-order valence-corrected chi connectivity index (χ2v) is 20.2. The monoisotopic (exact) mass is 926 g/mol. The zero-order valence-electron chi connectivity index (χ0n) is 44.3. The molecule has 66 heavy (non-hydrogen) atoms. The quantitative estimate of drug-likeness (QED) is 0.0361. The van der Waals surface area contributed by atoms with Gasteiger partial charge >= 0.3 is 0 Å². The predicted molar refractivity (Wildman–Crippen MR) is 291 cm³/mol. The molecule has 4 N–H and O–H groups in total. The molecule has 0 aliphatic heterocycles. The van der Waals surface area contributed by atoms with Crippen LogP contribution in [0.5, 0.6) is 0 Å². The van der Waals surface area contributed by atoms with Crippen LogP contribution in [-0.4, -0.2) is 46.1 Å². The van der Waals surface area contributed by atoms with Gasteiger partial charge in [-0.15, -0.1) is 0 Å². The third-order valence-electron chi connectivity index (χ3n) is 13.6. The maximum Gasteiger partial charge on any atom is 0.249 e. The molecular weight excluding hydrogens is 811 g/mol. The van der Waals surface area contributed by atoms with Crippen molar-refractivity contribution >= 4 is 5.91 Å². The number of hydrogen-bond donors (Lipinski definition) is 4. The number of aliphatic hydroxyl groups is 3. The molecule has 3 atom stereocenters. The van der Waals surface area contributed by atoms with E-state index in [1.165, 1.54) is 244 Å². The van der Waals surface area contributed by atoms with Crippen LogP contribution in [0, 0.1) is 0 Å². The molecule has 5 heteroatoms. The Morgan fingerprint density at radius 1 is 0.364 bits per heavy atom. The molecular formula is C61H115NO4. The average molecular weight is 927 g/mol. The van der Waals surface area contributed by atoms with Gasteiger partial charge in [-0.2, -0.15) is 0 Å². The van der Waals surface area contributed by atoms with Crippen molar-refractivity contribution in [2.45, 2.75) is 327 Å². The summed E-state index contributed by atoms with van der Waals surface area (Å²) < 4.78 is 0. The summed E-state index contributed by atoms with van der Waals surface area (Å²) in [5, 5.41) is 33.3. The van der Waals surface area contributed by atoms with E-state index in [4.69, 9.17) is 0 Å². The van der Waals surface area contributed by atoms with Gasteiger partial charge in [0.25, 0.3) is 0 Å². The van der Waals surface area contributed by atoms with Gasteiger partial charge in [0.15, 0.2) is 0 Å². The molecule has 0 aromatic rings. The molecule has 0 spiro atoms. The fourth-order valence-electron chi connectivity index (χ4n) is 9.04. The van der Waals surface area contributed by atoms with E-state index in [1.807, 2.05) is 6.08 Å². The van der Waals surface area contributed by atoms with Crippen LogP contribution in [0.2, 0.25) is 0 Å². The van der Waals surface area contributed by atoms with E-state index >= 15 is 0 Å². The molecule has 0 radical (unpaired) electrons. The maximum atomic E-state index is 12.5. The predicted octanol–water partition coefficient (Wildman–Crippen LogP) is 18.4. The summed E-state index contributed by atoms with van der Waals surface area (Å²) in [6.07, 6.45) is 75.0. The van der Waals surface area contributed by atoms with Crippen molar-refractivity contribution in [1.82, 2.24) is 5.32 Å². The second kappa shape index (κ2) is 55.9. The van der Waals surface area contributed by atoms with Gasteiger partial charge < -0.3 is 20.6 Å². The summed E-state index contributed by atoms with van der Waals surface area (Å²) in [6, 6.07) is -0.822. The smallest absolute Gasteiger partial charge is 0.249 e. The fourth-order valence-corrected chi connectivity index (χ4v) is 9.04. The van der Waals surface area contributed by atoms with E-state index < -0.39 is 24.2 Å². The zero-order valence-corrected chi connectivity index (χ0v) is 44.3. The lowest BCUT2D eigenvalue weighted by molar-refractivity contribution is -0.131. The van der Waals surface area contributed by atoms with E-state index in [0.717, 1.165) is 44.9 Å². The van der Waals surface area contributed by atoms with Crippen LogP contribution in [0.4, 0.5) is 0 Å². The number of rotatable bonds is 54. The number of amides is 1. The summed E-state index contributed by atoms with van der Waals surface area (Å²) in [4.78, 5) is 12.5. The summed E-state index contributed by atoms with van der Waals surface area (Å²) >= 11 is 0. The van der Waals surface area contributed by atoms with Gasteiger partial charge in [-0.25, -0.2) is 0 Å². The van der Waals surface area contributed by atoms with Gasteiger partial charge in [0.2, 0.25) is 5.91 Å². The molecule has 0 aromatic heterocycles. The fraction of sp³-hybridized carbons (Fsp3) is 0.852. The van der Waals surface area contributed by atoms with E-state index in [2.05, 4.69) is 55.6 Å². The number of nitrogens with one attached hydrogen (secondary N) is 1. The topological polar surface area (TPSA) is 89.8 Å². The number of aliphatic hydroxyl groups excluding tert-OH is 3. The van der Waals surface area contributed by atoms with E-state index in [1.54, 1.807) is 6.08 Å². The molecule has 0 aliphatic rings. The van der Waals surface area contributed by atoms with Crippen molar-refractivity contribution in [1.29, 1.82) is 0 Å². The standard InChI is InChI=1S/C61H115NO4/c1-3-5-7-9-11-13-15-17-19-21-23-24-25-26-27-28-29-30-31-32-33-34-35-36-37-38-40-42-44-46-48-50-52-54-56-60(65)61(66)62-58(57-63)59(64)55-53-51-49-47-45-43-41-39-22-20-18-16-14-12-10-8-6-4-2/h22,28-29,39,45,47,53,55,58-60,63-65H,3-21,23-27,30-38,40-44,46,48-52,54,56-57H2,1-2H3,(H,62,66)/b29-28-,39-22+,47-45+,55-53+. The molecule has 0 saturated carbocycles. The molecule has 0 rings (SSSR count). The highest BCUT2D eigenvalue weighted by Gasteiger charge is 2.22. The Morgan fingerprint density at radius 3 is 0.924 bits per heavy atom. The Bertz CT molecular complexity index is 1070. The molecule has 3 unspecified atom stereocenters. The van der Waals surface area contributed by atoms with Gasteiger partial charge in [0, 0.05) is 0 Å². The molecule has 388 valence electrons. The number of unbranched alkanes of at least 4 members (excludes halogenated alkanes) is 40. The Kier molecular flexibility index (Phi) is 54.5. The number of allylic oxidation sites excluding steroid dienone is 7. The van der Waals surface area contributed by atoms with Gasteiger partial charge in [-0.05, 0) is 70.6 Å². The van der Waals surface area contributed by atoms with Crippen LogP contribution < -0.4 is 5.32 Å². The first kappa shape index (κ1) is 64.3. The maximum absolute atomic E-state index is 12.5. The minimum atomic E-state index is -1.11. The molecule has 0 aromatic carbocycles. The lowest BCUT2D eigenvalue weighted by Gasteiger charge is -2.21. The Balaban J connectivity index is 3.55. The first-order chi connectivity index (χ1) is 32.6. The van der Waals surface area contributed by atoms with Crippen LogP contribution in [0.25, 0.3) is 0 Å². The third kappa shape index (κ3) is 50.2. The Morgan fingerprint density at radius 2 is 0.621 bits per heavy atom. The normalized spacial score (nSPS) is 13.6. The first-order valence-electron chi connectivity index (χ1n) is 29.5. The SMILES string of the molecule is CCCCCCCCCC/C=C/CC/C=C/CC/C=C/C(O)C(CO)NC(=O)C(O)CCCCCCCCCCCCCCCCCC/C=C\CCCCCCCCCCCCCCCC. The zero-order chi connectivity index (χ0) is 47.9. The summed E-state index contributed by atoms with van der Waals surface area (Å²) in [6.45, 7) is 4.19. The minimum Gasteiger partial charge on any atom is -0.394 e. The van der Waals surface area contributed by atoms with Crippen LogP contribution in [0.1, 0.15) is 309 Å². The van der Waals surface area contributed by atoms with Crippen molar-refractivity contribution in [2.75, 3.05) is 6.61 Å². The van der Waals surface area contributed by atoms with E-state index in [-0.39, 0.29) is 6.61 Å². The van der Waals surface area contributed by atoms with Crippen LogP contribution >= 0.6 is 0 Å².